The van der Waals surface area contributed by atoms with Gasteiger partial charge in [-0.05, 0) is 36.0 Å². The van der Waals surface area contributed by atoms with E-state index in [1.807, 2.05) is 26.0 Å². The molecule has 0 radical (unpaired) electrons. The van der Waals surface area contributed by atoms with Crippen molar-refractivity contribution in [3.63, 3.8) is 0 Å². The molecule has 1 unspecified atom stereocenters. The molecular formula is C25H31O6P. The van der Waals surface area contributed by atoms with Crippen molar-refractivity contribution in [2.45, 2.75) is 40.0 Å². The second kappa shape index (κ2) is 10.3. The minimum absolute atomic E-state index is 0.0796. The van der Waals surface area contributed by atoms with Gasteiger partial charge in [0.2, 0.25) is 0 Å². The molecule has 0 aliphatic rings. The third-order valence-corrected chi connectivity index (χ3v) is 6.01. The van der Waals surface area contributed by atoms with E-state index in [1.54, 1.807) is 12.1 Å². The lowest BCUT2D eigenvalue weighted by Crippen LogP contribution is -2.28. The second-order valence-electron chi connectivity index (χ2n) is 8.73. The molecule has 0 aliphatic carbocycles. The predicted octanol–water partition coefficient (Wildman–Crippen LogP) is 5.60. The zero-order valence-electron chi connectivity index (χ0n) is 20.0. The molecular weight excluding hydrogens is 427 g/mol. The van der Waals surface area contributed by atoms with E-state index in [4.69, 9.17) is 14.2 Å². The molecule has 0 saturated heterocycles. The van der Waals surface area contributed by atoms with Gasteiger partial charge in [-0.15, -0.1) is 0 Å². The van der Waals surface area contributed by atoms with Gasteiger partial charge in [0.1, 0.15) is 22.8 Å². The van der Waals surface area contributed by atoms with Crippen molar-refractivity contribution in [3.05, 3.63) is 52.1 Å². The Morgan fingerprint density at radius 3 is 1.69 bits per heavy atom. The van der Waals surface area contributed by atoms with Crippen LogP contribution in [0.4, 0.5) is 0 Å². The van der Waals surface area contributed by atoms with Crippen molar-refractivity contribution >= 4 is 20.0 Å². The topological polar surface area (TPSA) is 78.9 Å². The molecule has 7 heteroatoms. The number of benzene rings is 2. The Labute approximate surface area is 191 Å². The van der Waals surface area contributed by atoms with E-state index >= 15 is 0 Å². The number of carbonyl (C=O) groups is 2. The lowest BCUT2D eigenvalue weighted by Gasteiger charge is -2.23. The number of aryl methyl sites for hydroxylation is 2. The monoisotopic (exact) mass is 458 g/mol. The van der Waals surface area contributed by atoms with Crippen LogP contribution in [-0.2, 0) is 9.98 Å². The van der Waals surface area contributed by atoms with E-state index in [0.717, 1.165) is 16.7 Å². The van der Waals surface area contributed by atoms with Crippen LogP contribution in [0.5, 0.6) is 17.2 Å². The number of Topliss-reactive ketones (excluding diaryl/α,β-unsaturated/α-hetero) is 2. The lowest BCUT2D eigenvalue weighted by molar-refractivity contribution is 0.0819. The summed E-state index contributed by atoms with van der Waals surface area (Å²) in [7, 11) is 4.04. The van der Waals surface area contributed by atoms with Crippen LogP contribution >= 0.6 is 8.46 Å². The maximum atomic E-state index is 13.6. The highest BCUT2D eigenvalue weighted by atomic mass is 31.1. The smallest absolute Gasteiger partial charge is 0.181 e. The maximum Gasteiger partial charge on any atom is 0.181 e. The van der Waals surface area contributed by atoms with E-state index in [9.17, 15) is 14.2 Å². The van der Waals surface area contributed by atoms with E-state index in [2.05, 4.69) is 20.8 Å². The summed E-state index contributed by atoms with van der Waals surface area (Å²) < 4.78 is 27.6. The van der Waals surface area contributed by atoms with Gasteiger partial charge in [-0.3, -0.25) is 14.2 Å². The van der Waals surface area contributed by atoms with Crippen molar-refractivity contribution in [2.75, 3.05) is 27.5 Å². The van der Waals surface area contributed by atoms with Crippen LogP contribution in [-0.4, -0.2) is 39.1 Å². The Balaban J connectivity index is 2.62. The highest BCUT2D eigenvalue weighted by Crippen LogP contribution is 2.37. The fraction of sp³-hybridized carbons (Fsp3) is 0.440. The first-order chi connectivity index (χ1) is 15.0. The summed E-state index contributed by atoms with van der Waals surface area (Å²) in [6.45, 7) is 10.0. The zero-order valence-corrected chi connectivity index (χ0v) is 20.9. The minimum atomic E-state index is -1.15. The average molecular weight is 458 g/mol. The summed E-state index contributed by atoms with van der Waals surface area (Å²) >= 11 is 0. The molecule has 2 rings (SSSR count). The first-order valence-corrected chi connectivity index (χ1v) is 11.3. The number of rotatable bonds is 9. The first-order valence-electron chi connectivity index (χ1n) is 10.3. The van der Waals surface area contributed by atoms with Crippen molar-refractivity contribution in [1.29, 1.82) is 0 Å². The largest absolute Gasteiger partial charge is 0.496 e. The average Bonchev–Trinajstić information content (AvgIpc) is 2.74. The van der Waals surface area contributed by atoms with Gasteiger partial charge in [0.15, 0.2) is 20.0 Å². The summed E-state index contributed by atoms with van der Waals surface area (Å²) in [5.74, 6) is -1.12. The van der Waals surface area contributed by atoms with Crippen LogP contribution in [0.3, 0.4) is 0 Å². The Hall–Kier alpha value is -2.72. The van der Waals surface area contributed by atoms with E-state index in [-0.39, 0.29) is 42.9 Å². The number of ketones is 2. The molecule has 0 bridgehead atoms. The van der Waals surface area contributed by atoms with Gasteiger partial charge >= 0.3 is 0 Å². The van der Waals surface area contributed by atoms with E-state index in [1.165, 1.54) is 21.3 Å². The Morgan fingerprint density at radius 2 is 1.31 bits per heavy atom. The van der Waals surface area contributed by atoms with Crippen LogP contribution in [0.25, 0.3) is 0 Å². The molecule has 6 nitrogen and oxygen atoms in total. The van der Waals surface area contributed by atoms with Crippen molar-refractivity contribution < 1.29 is 28.4 Å². The molecule has 0 heterocycles. The molecule has 0 aromatic heterocycles. The van der Waals surface area contributed by atoms with Crippen molar-refractivity contribution in [1.82, 2.24) is 0 Å². The Kier molecular flexibility index (Phi) is 8.19. The molecule has 1 atom stereocenters. The molecule has 0 amide bonds. The van der Waals surface area contributed by atoms with Crippen LogP contribution < -0.4 is 14.2 Å². The van der Waals surface area contributed by atoms with Gasteiger partial charge in [0.25, 0.3) is 0 Å². The third-order valence-electron chi connectivity index (χ3n) is 5.50. The quantitative estimate of drug-likeness (QED) is 0.276. The summed E-state index contributed by atoms with van der Waals surface area (Å²) in [5, 5.41) is 0. The molecule has 2 aromatic rings. The highest BCUT2D eigenvalue weighted by molar-refractivity contribution is 7.23. The standard InChI is InChI=1S/C25H31O6P/c1-14-9-16(25(3,4)5)10-15(2)21(14)23(26)18(13-32-28)24(27)22-19(30-7)11-17(29-6)12-20(22)31-8/h9-12,18H,13H2,1-8H3. The molecule has 0 spiro atoms. The normalized spacial score (nSPS) is 12.4. The zero-order chi connectivity index (χ0) is 24.2. The van der Waals surface area contributed by atoms with Crippen LogP contribution in [0.2, 0.25) is 0 Å². The van der Waals surface area contributed by atoms with E-state index in [0.29, 0.717) is 11.3 Å². The van der Waals surface area contributed by atoms with Crippen molar-refractivity contribution in [3.8, 4) is 17.2 Å². The Morgan fingerprint density at radius 1 is 0.844 bits per heavy atom. The Bertz CT molecular complexity index is 987. The van der Waals surface area contributed by atoms with Crippen molar-refractivity contribution in [2.24, 2.45) is 5.92 Å². The van der Waals surface area contributed by atoms with Crippen LogP contribution in [0.15, 0.2) is 24.3 Å². The highest BCUT2D eigenvalue weighted by Gasteiger charge is 2.34. The SMILES string of the molecule is COc1cc(OC)c(C(=O)C(CP=O)C(=O)c2c(C)cc(C(C)(C)C)cc2C)c(OC)c1. The number of hydrogen-bond acceptors (Lipinski definition) is 6. The second-order valence-corrected chi connectivity index (χ2v) is 9.36. The number of ether oxygens (including phenoxy) is 3. The number of hydrogen-bond donors (Lipinski definition) is 0. The molecule has 2 aromatic carbocycles. The fourth-order valence-electron chi connectivity index (χ4n) is 3.74. The maximum absolute atomic E-state index is 13.6. The van der Waals surface area contributed by atoms with Crippen LogP contribution in [0.1, 0.15) is 58.2 Å². The van der Waals surface area contributed by atoms with Gasteiger partial charge in [-0.1, -0.05) is 32.9 Å². The molecule has 0 saturated carbocycles. The molecule has 0 fully saturated rings. The lowest BCUT2D eigenvalue weighted by atomic mass is 9.81. The summed E-state index contributed by atoms with van der Waals surface area (Å²) in [6, 6.07) is 7.07. The van der Waals surface area contributed by atoms with Gasteiger partial charge in [-0.2, -0.15) is 0 Å². The van der Waals surface area contributed by atoms with Gasteiger partial charge in [0.05, 0.1) is 27.2 Å². The first kappa shape index (κ1) is 25.5. The molecule has 172 valence electrons. The fourth-order valence-corrected chi connectivity index (χ4v) is 4.22. The van der Waals surface area contributed by atoms with Gasteiger partial charge in [0, 0.05) is 23.9 Å². The minimum Gasteiger partial charge on any atom is -0.496 e. The molecule has 0 N–H and O–H groups in total. The van der Waals surface area contributed by atoms with Gasteiger partial charge in [-0.25, -0.2) is 0 Å². The molecule has 32 heavy (non-hydrogen) atoms. The summed E-state index contributed by atoms with van der Waals surface area (Å²) in [6.07, 6.45) is -0.143. The predicted molar refractivity (Wildman–Crippen MR) is 125 cm³/mol. The van der Waals surface area contributed by atoms with Gasteiger partial charge < -0.3 is 14.2 Å². The summed E-state index contributed by atoms with van der Waals surface area (Å²) in [4.78, 5) is 27.2. The summed E-state index contributed by atoms with van der Waals surface area (Å²) in [5.41, 5.74) is 3.20. The number of methoxy groups -OCH3 is 3. The molecule has 0 aliphatic heterocycles. The van der Waals surface area contributed by atoms with Crippen LogP contribution in [0, 0.1) is 19.8 Å². The number of carbonyl (C=O) groups excluding carboxylic acids is 2. The third kappa shape index (κ3) is 5.18. The van der Waals surface area contributed by atoms with E-state index < -0.39 is 11.7 Å².